The summed E-state index contributed by atoms with van der Waals surface area (Å²) in [5.74, 6) is -0.120. The van der Waals surface area contributed by atoms with Gasteiger partial charge in [0.2, 0.25) is 0 Å². The van der Waals surface area contributed by atoms with E-state index in [1.54, 1.807) is 0 Å². The maximum absolute atomic E-state index is 11.9. The Kier molecular flexibility index (Phi) is 8.51. The molecule has 1 amide bonds. The molecule has 3 rings (SSSR count). The molecule has 5 heteroatoms. The van der Waals surface area contributed by atoms with Crippen LogP contribution in [0.3, 0.4) is 0 Å². The Hall–Kier alpha value is -1.22. The monoisotopic (exact) mass is 471 g/mol. The van der Waals surface area contributed by atoms with E-state index in [9.17, 15) is 4.79 Å². The minimum absolute atomic E-state index is 0.0292. The number of nitrogens with zero attached hydrogens (tertiary/aromatic N) is 1. The zero-order chi connectivity index (χ0) is 19.8. The molecule has 0 saturated heterocycles. The van der Waals surface area contributed by atoms with Crippen molar-refractivity contribution in [3.63, 3.8) is 0 Å². The first kappa shape index (κ1) is 21.5. The molecule has 0 saturated carbocycles. The Morgan fingerprint density at radius 1 is 1.00 bits per heavy atom. The third kappa shape index (κ3) is 6.40. The summed E-state index contributed by atoms with van der Waals surface area (Å²) in [6, 6.07) is 17.8. The fourth-order valence-corrected chi connectivity index (χ4v) is 6.80. The summed E-state index contributed by atoms with van der Waals surface area (Å²) in [5, 5.41) is 2.43. The van der Waals surface area contributed by atoms with Crippen LogP contribution in [0.4, 0.5) is 0 Å². The number of rotatable bonds is 8. The number of hydrogen-bond donors (Lipinski definition) is 0. The zero-order valence-electron chi connectivity index (χ0n) is 16.4. The van der Waals surface area contributed by atoms with E-state index < -0.39 is 0 Å². The van der Waals surface area contributed by atoms with Crippen molar-refractivity contribution < 1.29 is 4.79 Å². The first-order chi connectivity index (χ1) is 13.7. The van der Waals surface area contributed by atoms with Gasteiger partial charge in [-0.2, -0.15) is 0 Å². The van der Waals surface area contributed by atoms with Crippen molar-refractivity contribution >= 4 is 55.6 Å². The van der Waals surface area contributed by atoms with Gasteiger partial charge >= 0.3 is 184 Å². The minimum atomic E-state index is -0.120. The Labute approximate surface area is 183 Å². The van der Waals surface area contributed by atoms with Gasteiger partial charge in [0, 0.05) is 0 Å². The second-order valence-electron chi connectivity index (χ2n) is 6.76. The van der Waals surface area contributed by atoms with Gasteiger partial charge in [0.1, 0.15) is 0 Å². The van der Waals surface area contributed by atoms with Gasteiger partial charge < -0.3 is 0 Å². The molecule has 2 aromatic rings. The van der Waals surface area contributed by atoms with E-state index in [1.165, 1.54) is 69.9 Å². The fraction of sp³-hybridized carbons (Fsp3) is 0.304. The molecule has 2 nitrogen and oxygen atoms in total. The predicted octanol–water partition coefficient (Wildman–Crippen LogP) is 5.50. The van der Waals surface area contributed by atoms with Crippen molar-refractivity contribution in [1.82, 2.24) is 0 Å². The average molecular weight is 472 g/mol. The zero-order valence-corrected chi connectivity index (χ0v) is 20.1. The molecule has 0 bridgehead atoms. The van der Waals surface area contributed by atoms with Gasteiger partial charge in [0.05, 0.1) is 0 Å². The van der Waals surface area contributed by atoms with Crippen LogP contribution in [0.25, 0.3) is 6.08 Å². The van der Waals surface area contributed by atoms with E-state index in [2.05, 4.69) is 60.4 Å². The van der Waals surface area contributed by atoms with Crippen molar-refractivity contribution in [2.24, 2.45) is 4.99 Å². The normalized spacial score (nSPS) is 15.7. The molecule has 0 radical (unpaired) electrons. The van der Waals surface area contributed by atoms with E-state index in [0.717, 1.165) is 9.94 Å². The number of hydrogen-bond acceptors (Lipinski definition) is 3. The van der Waals surface area contributed by atoms with Crippen LogP contribution in [-0.2, 0) is 21.6 Å². The molecular weight excluding hydrogens is 445 g/mol. The Bertz CT molecular complexity index is 857. The van der Waals surface area contributed by atoms with Crippen molar-refractivity contribution in [3.05, 3.63) is 75.7 Å². The van der Waals surface area contributed by atoms with Crippen molar-refractivity contribution in [2.75, 3.05) is 6.26 Å². The molecule has 146 valence electrons. The van der Waals surface area contributed by atoms with E-state index in [-0.39, 0.29) is 21.7 Å². The summed E-state index contributed by atoms with van der Waals surface area (Å²) in [4.78, 5) is 16.6. The van der Waals surface area contributed by atoms with Crippen molar-refractivity contribution in [2.45, 2.75) is 36.6 Å². The van der Waals surface area contributed by atoms with Gasteiger partial charge in [0.15, 0.2) is 0 Å². The molecular formula is C23H26AsNOS2. The number of thioether (sulfide) groups is 2. The SMILES string of the molecule is CCCCc1ccc(C[AsH]Cc2ccc(/C=C3/SC(SC)=NC3=O)cc2)cc1. The third-order valence-electron chi connectivity index (χ3n) is 4.55. The van der Waals surface area contributed by atoms with E-state index in [1.807, 2.05) is 12.3 Å². The summed E-state index contributed by atoms with van der Waals surface area (Å²) >= 11 is 2.96. The standard InChI is InChI=1S/C23H26AsNOS2/c1-3-4-5-17-6-10-19(11-7-17)15-24-16-20-12-8-18(9-13-20)14-21-22(26)25-23(27-2)28-21/h6-14,24H,3-5,15-16H2,1-2H3/b21-14+. The van der Waals surface area contributed by atoms with E-state index in [4.69, 9.17) is 0 Å². The summed E-state index contributed by atoms with van der Waals surface area (Å²) in [5.41, 5.74) is 5.40. The molecule has 1 atom stereocenters. The molecule has 0 fully saturated rings. The van der Waals surface area contributed by atoms with Crippen LogP contribution < -0.4 is 0 Å². The van der Waals surface area contributed by atoms with Gasteiger partial charge in [-0.15, -0.1) is 0 Å². The van der Waals surface area contributed by atoms with Crippen LogP contribution in [-0.4, -0.2) is 32.3 Å². The first-order valence-electron chi connectivity index (χ1n) is 9.62. The number of carbonyl (C=O) groups is 1. The topological polar surface area (TPSA) is 29.4 Å². The van der Waals surface area contributed by atoms with Gasteiger partial charge in [-0.3, -0.25) is 0 Å². The van der Waals surface area contributed by atoms with Crippen LogP contribution in [0.1, 0.15) is 42.0 Å². The average Bonchev–Trinajstić information content (AvgIpc) is 3.08. The Morgan fingerprint density at radius 2 is 1.61 bits per heavy atom. The number of carbonyl (C=O) groups excluding carboxylic acids is 1. The number of benzene rings is 2. The summed E-state index contributed by atoms with van der Waals surface area (Å²) in [6.07, 6.45) is 7.62. The maximum atomic E-state index is 11.9. The van der Waals surface area contributed by atoms with E-state index >= 15 is 0 Å². The molecule has 1 unspecified atom stereocenters. The van der Waals surface area contributed by atoms with Gasteiger partial charge in [0.25, 0.3) is 0 Å². The van der Waals surface area contributed by atoms with Crippen molar-refractivity contribution in [3.8, 4) is 0 Å². The van der Waals surface area contributed by atoms with Crippen LogP contribution in [0.5, 0.6) is 0 Å². The number of aryl methyl sites for hydroxylation is 1. The van der Waals surface area contributed by atoms with Crippen LogP contribution in [0.2, 0.25) is 0 Å². The number of aliphatic imine (C=N–C) groups is 1. The molecule has 1 aliphatic heterocycles. The molecule has 0 aliphatic carbocycles. The summed E-state index contributed by atoms with van der Waals surface area (Å²) in [6.45, 7) is 2.24. The quantitative estimate of drug-likeness (QED) is 0.376. The summed E-state index contributed by atoms with van der Waals surface area (Å²) < 4.78 is 0.830. The van der Waals surface area contributed by atoms with Crippen LogP contribution in [0, 0.1) is 0 Å². The molecule has 0 N–H and O–H groups in total. The first-order valence-corrected chi connectivity index (χ1v) is 14.6. The third-order valence-corrected chi connectivity index (χ3v) is 9.28. The van der Waals surface area contributed by atoms with Gasteiger partial charge in [-0.1, -0.05) is 0 Å². The predicted molar refractivity (Wildman–Crippen MR) is 128 cm³/mol. The number of amides is 1. The molecule has 0 aromatic heterocycles. The number of unbranched alkanes of at least 4 members (excludes halogenated alkanes) is 1. The second kappa shape index (κ2) is 11.1. The molecule has 28 heavy (non-hydrogen) atoms. The Morgan fingerprint density at radius 3 is 2.18 bits per heavy atom. The van der Waals surface area contributed by atoms with Crippen molar-refractivity contribution in [1.29, 1.82) is 0 Å². The molecule has 0 spiro atoms. The second-order valence-corrected chi connectivity index (χ2v) is 11.4. The Balaban J connectivity index is 1.48. The van der Waals surface area contributed by atoms with Gasteiger partial charge in [-0.05, 0) is 0 Å². The van der Waals surface area contributed by atoms with Gasteiger partial charge in [-0.25, -0.2) is 0 Å². The molecule has 2 aromatic carbocycles. The van der Waals surface area contributed by atoms with E-state index in [0.29, 0.717) is 4.91 Å². The van der Waals surface area contributed by atoms with Crippen LogP contribution >= 0.6 is 23.5 Å². The molecule has 1 heterocycles. The summed E-state index contributed by atoms with van der Waals surface area (Å²) in [7, 11) is 0. The van der Waals surface area contributed by atoms with Crippen LogP contribution in [0.15, 0.2) is 58.4 Å². The fourth-order valence-electron chi connectivity index (χ4n) is 2.92. The molecule has 1 aliphatic rings.